The zero-order chi connectivity index (χ0) is 23.0. The van der Waals surface area contributed by atoms with Gasteiger partial charge in [0, 0.05) is 13.2 Å². The Labute approximate surface area is 182 Å². The average Bonchev–Trinajstić information content (AvgIpc) is 3.41. The van der Waals surface area contributed by atoms with E-state index in [0.29, 0.717) is 41.3 Å². The van der Waals surface area contributed by atoms with Crippen LogP contribution in [0.3, 0.4) is 0 Å². The van der Waals surface area contributed by atoms with Crippen molar-refractivity contribution in [3.63, 3.8) is 0 Å². The number of aryl methyl sites for hydroxylation is 3. The van der Waals surface area contributed by atoms with Crippen LogP contribution in [0.25, 0.3) is 22.7 Å². The number of fused-ring (bicyclic) bond motifs is 1. The second-order valence-corrected chi connectivity index (χ2v) is 7.71. The Hall–Kier alpha value is -4.02. The number of aliphatic carboxylic acids is 1. The molecule has 0 unspecified atom stereocenters. The topological polar surface area (TPSA) is 138 Å². The Kier molecular flexibility index (Phi) is 5.25. The van der Waals surface area contributed by atoms with E-state index in [-0.39, 0.29) is 11.4 Å². The monoisotopic (exact) mass is 438 g/mol. The van der Waals surface area contributed by atoms with Crippen molar-refractivity contribution < 1.29 is 19.1 Å². The molecule has 0 aromatic carbocycles. The first-order chi connectivity index (χ1) is 15.3. The molecule has 0 radical (unpaired) electrons. The van der Waals surface area contributed by atoms with E-state index in [2.05, 4.69) is 20.1 Å². The first-order valence-corrected chi connectivity index (χ1v) is 9.86. The number of aromatic nitrogens is 6. The van der Waals surface area contributed by atoms with Gasteiger partial charge >= 0.3 is 5.97 Å². The van der Waals surface area contributed by atoms with Gasteiger partial charge in [-0.3, -0.25) is 9.78 Å². The van der Waals surface area contributed by atoms with Gasteiger partial charge in [-0.2, -0.15) is 5.10 Å². The number of imidazole rings is 1. The minimum absolute atomic E-state index is 0.213. The zero-order valence-electron chi connectivity index (χ0n) is 18.1. The lowest BCUT2D eigenvalue weighted by Crippen LogP contribution is -2.45. The highest BCUT2D eigenvalue weighted by Gasteiger charge is 2.34. The first kappa shape index (κ1) is 21.2. The smallest absolute Gasteiger partial charge is 0.331 e. The van der Waals surface area contributed by atoms with Gasteiger partial charge in [0.25, 0.3) is 11.4 Å². The van der Waals surface area contributed by atoms with Gasteiger partial charge in [-0.05, 0) is 38.8 Å². The van der Waals surface area contributed by atoms with E-state index in [9.17, 15) is 14.7 Å². The lowest BCUT2D eigenvalue weighted by molar-refractivity contribution is -0.146. The van der Waals surface area contributed by atoms with Crippen LogP contribution in [0.5, 0.6) is 5.75 Å². The molecule has 0 amide bonds. The summed E-state index contributed by atoms with van der Waals surface area (Å²) in [5.74, 6) is 0.0271. The number of ether oxygens (including phenoxy) is 1. The highest BCUT2D eigenvalue weighted by molar-refractivity contribution is 5.81. The molecule has 0 aliphatic carbocycles. The molecule has 0 bridgehead atoms. The van der Waals surface area contributed by atoms with Gasteiger partial charge in [-0.1, -0.05) is 0 Å². The maximum Gasteiger partial charge on any atom is 0.331 e. The van der Waals surface area contributed by atoms with Crippen molar-refractivity contribution in [3.05, 3.63) is 52.5 Å². The number of carboxylic acids is 1. The van der Waals surface area contributed by atoms with Gasteiger partial charge in [0.2, 0.25) is 0 Å². The van der Waals surface area contributed by atoms with Crippen molar-refractivity contribution >= 4 is 17.0 Å². The minimum Gasteiger partial charge on any atom is -0.495 e. The summed E-state index contributed by atoms with van der Waals surface area (Å²) in [4.78, 5) is 38.2. The summed E-state index contributed by atoms with van der Waals surface area (Å²) in [7, 11) is 3.22. The van der Waals surface area contributed by atoms with Crippen LogP contribution in [0.2, 0.25) is 0 Å². The van der Waals surface area contributed by atoms with Gasteiger partial charge < -0.3 is 18.8 Å². The molecule has 4 rings (SSSR count). The van der Waals surface area contributed by atoms with E-state index < -0.39 is 17.1 Å². The highest BCUT2D eigenvalue weighted by Crippen LogP contribution is 2.25. The number of hydrogen-bond donors (Lipinski definition) is 1. The van der Waals surface area contributed by atoms with E-state index in [1.807, 2.05) is 0 Å². The summed E-state index contributed by atoms with van der Waals surface area (Å²) in [6, 6.07) is 3.58. The van der Waals surface area contributed by atoms with E-state index in [0.717, 1.165) is 4.68 Å². The van der Waals surface area contributed by atoms with Crippen LogP contribution in [-0.2, 0) is 30.2 Å². The Morgan fingerprint density at radius 1 is 1.22 bits per heavy atom. The predicted octanol–water partition coefficient (Wildman–Crippen LogP) is 1.79. The number of carboxylic acid groups (broad SMARTS) is 1. The van der Waals surface area contributed by atoms with E-state index >= 15 is 0 Å². The molecule has 4 aromatic rings. The Morgan fingerprint density at radius 2 is 1.97 bits per heavy atom. The normalized spacial score (nSPS) is 11.8. The molecule has 0 atom stereocenters. The Bertz CT molecular complexity index is 1350. The number of hydrogen-bond acceptors (Lipinski definition) is 8. The van der Waals surface area contributed by atoms with Gasteiger partial charge in [-0.25, -0.2) is 19.4 Å². The van der Waals surface area contributed by atoms with Crippen LogP contribution in [0.15, 0.2) is 40.0 Å². The molecule has 0 saturated carbocycles. The van der Waals surface area contributed by atoms with E-state index in [1.165, 1.54) is 26.3 Å². The van der Waals surface area contributed by atoms with Crippen molar-refractivity contribution in [1.29, 1.82) is 0 Å². The fourth-order valence-electron chi connectivity index (χ4n) is 3.46. The summed E-state index contributed by atoms with van der Waals surface area (Å²) in [5.41, 5.74) is -0.405. The molecule has 4 aromatic heterocycles. The summed E-state index contributed by atoms with van der Waals surface area (Å²) in [6.45, 7) is 2.85. The third kappa shape index (κ3) is 3.41. The molecule has 166 valence electrons. The van der Waals surface area contributed by atoms with Crippen LogP contribution in [0, 0.1) is 0 Å². The molecule has 4 heterocycles. The predicted molar refractivity (Wildman–Crippen MR) is 113 cm³/mol. The second kappa shape index (κ2) is 7.91. The Morgan fingerprint density at radius 3 is 2.62 bits per heavy atom. The van der Waals surface area contributed by atoms with Crippen molar-refractivity contribution in [2.45, 2.75) is 32.2 Å². The summed E-state index contributed by atoms with van der Waals surface area (Å²) < 4.78 is 13.3. The van der Waals surface area contributed by atoms with Gasteiger partial charge in [0.1, 0.15) is 23.0 Å². The number of oxazole rings is 1. The standard InChI is InChI=1S/C21H22N6O5/c1-21(2,20(29)30)27-19(28)16-15(24-17(26(16)3)18-23-10-11-32-18)13(25-27)8-7-12-14(31-4)6-5-9-22-12/h5-6,9-11H,7-8H2,1-4H3,(H,29,30). The molecule has 0 fully saturated rings. The van der Waals surface area contributed by atoms with Gasteiger partial charge in [0.05, 0.1) is 24.7 Å². The minimum atomic E-state index is -1.57. The molecule has 1 N–H and O–H groups in total. The van der Waals surface area contributed by atoms with Crippen LogP contribution < -0.4 is 10.3 Å². The molecule has 11 nitrogen and oxygen atoms in total. The molecular formula is C21H22N6O5. The van der Waals surface area contributed by atoms with Crippen molar-refractivity contribution in [3.8, 4) is 17.5 Å². The lowest BCUT2D eigenvalue weighted by Gasteiger charge is -2.22. The number of nitrogens with zero attached hydrogens (tertiary/aromatic N) is 6. The number of carbonyl (C=O) groups is 1. The van der Waals surface area contributed by atoms with Crippen LogP contribution in [-0.4, -0.2) is 47.5 Å². The maximum atomic E-state index is 13.3. The average molecular weight is 438 g/mol. The lowest BCUT2D eigenvalue weighted by atomic mass is 10.1. The summed E-state index contributed by atoms with van der Waals surface area (Å²) in [6.07, 6.45) is 5.35. The quantitative estimate of drug-likeness (QED) is 0.457. The van der Waals surface area contributed by atoms with E-state index in [1.54, 1.807) is 37.1 Å². The summed E-state index contributed by atoms with van der Waals surface area (Å²) >= 11 is 0. The van der Waals surface area contributed by atoms with Crippen LogP contribution in [0.4, 0.5) is 0 Å². The summed E-state index contributed by atoms with van der Waals surface area (Å²) in [5, 5.41) is 14.1. The zero-order valence-corrected chi connectivity index (χ0v) is 18.1. The van der Waals surface area contributed by atoms with E-state index in [4.69, 9.17) is 9.15 Å². The maximum absolute atomic E-state index is 13.3. The van der Waals surface area contributed by atoms with Gasteiger partial charge in [0.15, 0.2) is 11.4 Å². The molecular weight excluding hydrogens is 416 g/mol. The second-order valence-electron chi connectivity index (χ2n) is 7.71. The fourth-order valence-corrected chi connectivity index (χ4v) is 3.46. The SMILES string of the molecule is COc1cccnc1CCc1nn(C(C)(C)C(=O)O)c(=O)c2c1nc(-c1ncco1)n2C. The van der Waals surface area contributed by atoms with Gasteiger partial charge in [-0.15, -0.1) is 0 Å². The molecule has 0 aliphatic heterocycles. The third-order valence-corrected chi connectivity index (χ3v) is 5.33. The molecule has 0 spiro atoms. The molecule has 11 heteroatoms. The van der Waals surface area contributed by atoms with Crippen LogP contribution in [0.1, 0.15) is 25.2 Å². The van der Waals surface area contributed by atoms with Crippen molar-refractivity contribution in [2.24, 2.45) is 7.05 Å². The molecule has 32 heavy (non-hydrogen) atoms. The first-order valence-electron chi connectivity index (χ1n) is 9.86. The Balaban J connectivity index is 1.92. The molecule has 0 saturated heterocycles. The third-order valence-electron chi connectivity index (χ3n) is 5.33. The van der Waals surface area contributed by atoms with Crippen molar-refractivity contribution in [2.75, 3.05) is 7.11 Å². The number of rotatable bonds is 7. The largest absolute Gasteiger partial charge is 0.495 e. The van der Waals surface area contributed by atoms with Crippen LogP contribution >= 0.6 is 0 Å². The number of pyridine rings is 1. The fraction of sp³-hybridized carbons (Fsp3) is 0.333. The molecule has 0 aliphatic rings. The number of methoxy groups -OCH3 is 1. The highest BCUT2D eigenvalue weighted by atomic mass is 16.5. The van der Waals surface area contributed by atoms with Crippen molar-refractivity contribution in [1.82, 2.24) is 29.3 Å².